The lowest BCUT2D eigenvalue weighted by atomic mass is 10.1. The van der Waals surface area contributed by atoms with Crippen molar-refractivity contribution in [1.82, 2.24) is 4.72 Å². The van der Waals surface area contributed by atoms with Gasteiger partial charge in [-0.1, -0.05) is 12.1 Å². The quantitative estimate of drug-likeness (QED) is 0.874. The molecule has 1 heterocycles. The monoisotopic (exact) mass is 280 g/mol. The van der Waals surface area contributed by atoms with E-state index in [2.05, 4.69) is 4.72 Å². The van der Waals surface area contributed by atoms with Crippen molar-refractivity contribution in [2.45, 2.75) is 24.4 Å². The van der Waals surface area contributed by atoms with E-state index in [1.165, 1.54) is 6.26 Å². The number of rotatable bonds is 5. The van der Waals surface area contributed by atoms with E-state index in [0.29, 0.717) is 5.76 Å². The molecule has 102 valence electrons. The Kier molecular flexibility index (Phi) is 4.04. The first-order valence-corrected chi connectivity index (χ1v) is 7.35. The Bertz CT molecular complexity index is 616. The zero-order chi connectivity index (χ0) is 13.9. The van der Waals surface area contributed by atoms with Gasteiger partial charge < -0.3 is 10.2 Å². The van der Waals surface area contributed by atoms with E-state index in [1.54, 1.807) is 36.4 Å². The van der Waals surface area contributed by atoms with Crippen molar-refractivity contribution < 1.29 is 12.8 Å². The molecule has 0 saturated heterocycles. The number of benzene rings is 1. The Morgan fingerprint density at radius 2 is 1.95 bits per heavy atom. The molecule has 0 saturated carbocycles. The number of hydrogen-bond donors (Lipinski definition) is 2. The van der Waals surface area contributed by atoms with Crippen molar-refractivity contribution in [1.29, 1.82) is 0 Å². The number of furan rings is 1. The summed E-state index contributed by atoms with van der Waals surface area (Å²) in [5.41, 5.74) is 6.61. The summed E-state index contributed by atoms with van der Waals surface area (Å²) >= 11 is 0. The molecule has 5 nitrogen and oxygen atoms in total. The molecule has 0 aliphatic heterocycles. The summed E-state index contributed by atoms with van der Waals surface area (Å²) in [7, 11) is -3.53. The minimum absolute atomic E-state index is 0.118. The van der Waals surface area contributed by atoms with E-state index in [-0.39, 0.29) is 17.5 Å². The summed E-state index contributed by atoms with van der Waals surface area (Å²) in [6.07, 6.45) is 1.50. The molecule has 1 aromatic heterocycles. The highest BCUT2D eigenvalue weighted by Crippen LogP contribution is 2.15. The van der Waals surface area contributed by atoms with E-state index in [0.717, 1.165) is 5.56 Å². The van der Waals surface area contributed by atoms with Crippen LogP contribution < -0.4 is 10.5 Å². The minimum Gasteiger partial charge on any atom is -0.468 e. The first-order valence-electron chi connectivity index (χ1n) is 5.86. The molecule has 6 heteroatoms. The molecule has 0 amide bonds. The predicted octanol–water partition coefficient (Wildman–Crippen LogP) is 1.78. The maximum Gasteiger partial charge on any atom is 0.240 e. The predicted molar refractivity (Wildman–Crippen MR) is 71.8 cm³/mol. The summed E-state index contributed by atoms with van der Waals surface area (Å²) in [4.78, 5) is 0.212. The molecule has 3 N–H and O–H groups in total. The van der Waals surface area contributed by atoms with Crippen LogP contribution in [0.3, 0.4) is 0 Å². The summed E-state index contributed by atoms with van der Waals surface area (Å²) in [6.45, 7) is 1.98. The summed E-state index contributed by atoms with van der Waals surface area (Å²) in [5.74, 6) is 0.566. The maximum absolute atomic E-state index is 12.0. The molecule has 0 bridgehead atoms. The third kappa shape index (κ3) is 3.44. The van der Waals surface area contributed by atoms with Gasteiger partial charge in [-0.05, 0) is 36.8 Å². The third-order valence-electron chi connectivity index (χ3n) is 2.73. The molecule has 1 atom stereocenters. The van der Waals surface area contributed by atoms with Gasteiger partial charge in [-0.25, -0.2) is 13.1 Å². The lowest BCUT2D eigenvalue weighted by Crippen LogP contribution is -2.23. The number of nitrogens with one attached hydrogen (secondary N) is 1. The fourth-order valence-corrected chi connectivity index (χ4v) is 2.61. The van der Waals surface area contributed by atoms with Crippen LogP contribution in [0.15, 0.2) is 52.0 Å². The second kappa shape index (κ2) is 5.56. The lowest BCUT2D eigenvalue weighted by Gasteiger charge is -2.08. The maximum atomic E-state index is 12.0. The second-order valence-corrected chi connectivity index (χ2v) is 6.03. The number of sulfonamides is 1. The lowest BCUT2D eigenvalue weighted by molar-refractivity contribution is 0.498. The molecular weight excluding hydrogens is 264 g/mol. The normalized spacial score (nSPS) is 13.4. The summed E-state index contributed by atoms with van der Waals surface area (Å²) < 4.78 is 31.6. The highest BCUT2D eigenvalue weighted by molar-refractivity contribution is 7.89. The molecule has 2 aromatic rings. The van der Waals surface area contributed by atoms with Crippen LogP contribution >= 0.6 is 0 Å². The van der Waals surface area contributed by atoms with Crippen molar-refractivity contribution >= 4 is 10.0 Å². The molecular formula is C13H16N2O3S. The van der Waals surface area contributed by atoms with Gasteiger partial charge in [-0.2, -0.15) is 0 Å². The largest absolute Gasteiger partial charge is 0.468 e. The Morgan fingerprint density at radius 3 is 2.47 bits per heavy atom. The third-order valence-corrected chi connectivity index (χ3v) is 4.15. The van der Waals surface area contributed by atoms with Crippen LogP contribution in [0.25, 0.3) is 0 Å². The Balaban J connectivity index is 2.10. The first kappa shape index (κ1) is 13.8. The average Bonchev–Trinajstić information content (AvgIpc) is 2.90. The van der Waals surface area contributed by atoms with Gasteiger partial charge in [0, 0.05) is 6.04 Å². The standard InChI is InChI=1S/C13H16N2O3S/c1-10(14)11-4-6-13(7-5-11)19(16,17)15-9-12-3-2-8-18-12/h2-8,10,15H,9,14H2,1H3/t10-/m1/s1. The topological polar surface area (TPSA) is 85.3 Å². The van der Waals surface area contributed by atoms with Crippen LogP contribution in [0, 0.1) is 0 Å². The van der Waals surface area contributed by atoms with Gasteiger partial charge >= 0.3 is 0 Å². The summed E-state index contributed by atoms with van der Waals surface area (Å²) in [5, 5.41) is 0. The molecule has 19 heavy (non-hydrogen) atoms. The smallest absolute Gasteiger partial charge is 0.240 e. The van der Waals surface area contributed by atoms with Crippen LogP contribution in [0.5, 0.6) is 0 Å². The van der Waals surface area contributed by atoms with Crippen LogP contribution in [0.4, 0.5) is 0 Å². The minimum atomic E-state index is -3.53. The molecule has 0 fully saturated rings. The number of hydrogen-bond acceptors (Lipinski definition) is 4. The van der Waals surface area contributed by atoms with Gasteiger partial charge in [-0.3, -0.25) is 0 Å². The van der Waals surface area contributed by atoms with Gasteiger partial charge in [0.05, 0.1) is 17.7 Å². The Hall–Kier alpha value is -1.63. The van der Waals surface area contributed by atoms with Gasteiger partial charge in [0.25, 0.3) is 0 Å². The molecule has 1 aromatic carbocycles. The van der Waals surface area contributed by atoms with Crippen LogP contribution in [0.2, 0.25) is 0 Å². The molecule has 0 spiro atoms. The van der Waals surface area contributed by atoms with Gasteiger partial charge in [0.15, 0.2) is 0 Å². The molecule has 0 radical (unpaired) electrons. The second-order valence-electron chi connectivity index (χ2n) is 4.26. The van der Waals surface area contributed by atoms with E-state index < -0.39 is 10.0 Å². The van der Waals surface area contributed by atoms with Crippen LogP contribution in [-0.2, 0) is 16.6 Å². The molecule has 0 unspecified atom stereocenters. The Labute approximate surface area is 112 Å². The molecule has 2 rings (SSSR count). The summed E-state index contributed by atoms with van der Waals surface area (Å²) in [6, 6.07) is 9.82. The van der Waals surface area contributed by atoms with E-state index in [1.807, 2.05) is 6.92 Å². The zero-order valence-corrected chi connectivity index (χ0v) is 11.4. The van der Waals surface area contributed by atoms with Gasteiger partial charge in [0.1, 0.15) is 5.76 Å². The van der Waals surface area contributed by atoms with E-state index >= 15 is 0 Å². The van der Waals surface area contributed by atoms with Gasteiger partial charge in [0.2, 0.25) is 10.0 Å². The van der Waals surface area contributed by atoms with Crippen molar-refractivity contribution in [2.75, 3.05) is 0 Å². The van der Waals surface area contributed by atoms with Crippen molar-refractivity contribution in [2.24, 2.45) is 5.73 Å². The Morgan fingerprint density at radius 1 is 1.26 bits per heavy atom. The van der Waals surface area contributed by atoms with Crippen molar-refractivity contribution in [3.8, 4) is 0 Å². The van der Waals surface area contributed by atoms with Crippen molar-refractivity contribution in [3.63, 3.8) is 0 Å². The fourth-order valence-electron chi connectivity index (χ4n) is 1.61. The van der Waals surface area contributed by atoms with E-state index in [9.17, 15) is 8.42 Å². The fraction of sp³-hybridized carbons (Fsp3) is 0.231. The highest BCUT2D eigenvalue weighted by atomic mass is 32.2. The van der Waals surface area contributed by atoms with Crippen LogP contribution in [0.1, 0.15) is 24.3 Å². The SMILES string of the molecule is C[C@@H](N)c1ccc(S(=O)(=O)NCc2ccco2)cc1. The number of nitrogens with two attached hydrogens (primary N) is 1. The first-order chi connectivity index (χ1) is 8.99. The highest BCUT2D eigenvalue weighted by Gasteiger charge is 2.14. The molecule has 0 aliphatic carbocycles. The average molecular weight is 280 g/mol. The van der Waals surface area contributed by atoms with E-state index in [4.69, 9.17) is 10.2 Å². The van der Waals surface area contributed by atoms with Crippen LogP contribution in [-0.4, -0.2) is 8.42 Å². The zero-order valence-electron chi connectivity index (χ0n) is 10.5. The van der Waals surface area contributed by atoms with Crippen molar-refractivity contribution in [3.05, 3.63) is 54.0 Å². The van der Waals surface area contributed by atoms with Gasteiger partial charge in [-0.15, -0.1) is 0 Å². The molecule has 0 aliphatic rings.